The highest BCUT2D eigenvalue weighted by Gasteiger charge is 2.54. The Kier molecular flexibility index (Phi) is 2.35. The van der Waals surface area contributed by atoms with Crippen LogP contribution in [0.1, 0.15) is 42.4 Å². The zero-order valence-corrected chi connectivity index (χ0v) is 13.0. The van der Waals surface area contributed by atoms with Gasteiger partial charge in [0.2, 0.25) is 0 Å². The molecule has 5 rings (SSSR count). The van der Waals surface area contributed by atoms with Crippen molar-refractivity contribution in [3.63, 3.8) is 0 Å². The number of hydrogen-bond acceptors (Lipinski definition) is 1. The quantitative estimate of drug-likeness (QED) is 0.645. The predicted octanol–water partition coefficient (Wildman–Crippen LogP) is 4.64. The van der Waals surface area contributed by atoms with Gasteiger partial charge in [-0.2, -0.15) is 0 Å². The van der Waals surface area contributed by atoms with E-state index in [1.807, 2.05) is 0 Å². The fraction of sp³-hybridized carbons (Fsp3) is 0.381. The average molecular weight is 288 g/mol. The molecule has 0 aromatic heterocycles. The van der Waals surface area contributed by atoms with Crippen LogP contribution in [0.5, 0.6) is 0 Å². The van der Waals surface area contributed by atoms with Gasteiger partial charge in [-0.3, -0.25) is 4.79 Å². The third-order valence-electron chi connectivity index (χ3n) is 6.22. The van der Waals surface area contributed by atoms with E-state index in [9.17, 15) is 4.79 Å². The van der Waals surface area contributed by atoms with Crippen LogP contribution in [0.2, 0.25) is 0 Å². The van der Waals surface area contributed by atoms with Crippen molar-refractivity contribution in [2.75, 3.05) is 0 Å². The summed E-state index contributed by atoms with van der Waals surface area (Å²) in [5.41, 5.74) is 5.41. The molecule has 110 valence electrons. The fourth-order valence-electron chi connectivity index (χ4n) is 5.16. The van der Waals surface area contributed by atoms with Crippen molar-refractivity contribution in [1.29, 1.82) is 0 Å². The summed E-state index contributed by atoms with van der Waals surface area (Å²) in [7, 11) is 0. The minimum atomic E-state index is -0.185. The molecule has 0 radical (unpaired) electrons. The van der Waals surface area contributed by atoms with E-state index in [1.54, 1.807) is 0 Å². The summed E-state index contributed by atoms with van der Waals surface area (Å²) in [6.45, 7) is 2.14. The summed E-state index contributed by atoms with van der Waals surface area (Å²) >= 11 is 0. The lowest BCUT2D eigenvalue weighted by Gasteiger charge is -2.40. The second-order valence-corrected chi connectivity index (χ2v) is 7.43. The first-order valence-corrected chi connectivity index (χ1v) is 8.42. The number of rotatable bonds is 0. The Labute approximate surface area is 131 Å². The van der Waals surface area contributed by atoms with E-state index < -0.39 is 0 Å². The fourth-order valence-corrected chi connectivity index (χ4v) is 5.16. The van der Waals surface area contributed by atoms with Gasteiger partial charge in [0, 0.05) is 6.42 Å². The zero-order valence-electron chi connectivity index (χ0n) is 13.0. The number of allylic oxidation sites excluding steroid dienone is 2. The number of Topliss-reactive ketones (excluding diaryl/α,β-unsaturated/α-hetero) is 1. The second-order valence-electron chi connectivity index (χ2n) is 7.43. The maximum absolute atomic E-state index is 12.9. The summed E-state index contributed by atoms with van der Waals surface area (Å²) in [5.74, 6) is 1.02. The smallest absolute Gasteiger partial charge is 0.144 e. The van der Waals surface area contributed by atoms with Gasteiger partial charge in [-0.25, -0.2) is 0 Å². The van der Waals surface area contributed by atoms with Gasteiger partial charge in [0.15, 0.2) is 0 Å². The molecule has 2 unspecified atom stereocenters. The van der Waals surface area contributed by atoms with Crippen LogP contribution < -0.4 is 0 Å². The van der Waals surface area contributed by atoms with Crippen molar-refractivity contribution in [3.8, 4) is 0 Å². The topological polar surface area (TPSA) is 17.1 Å². The van der Waals surface area contributed by atoms with Gasteiger partial charge in [0.1, 0.15) is 5.78 Å². The van der Waals surface area contributed by atoms with Gasteiger partial charge in [-0.1, -0.05) is 41.5 Å². The standard InChI is InChI=1S/C21H20O/c1-13-2-4-15-10-16-5-7-20(22)21(19(16)11-17(15)8-13)12-14-3-6-18(21)9-14/h2-4,8,10-11,18H,5-7,9,12H2,1H3. The van der Waals surface area contributed by atoms with E-state index in [0.717, 1.165) is 32.1 Å². The number of ketones is 1. The molecule has 1 nitrogen and oxygen atoms in total. The first kappa shape index (κ1) is 12.6. The maximum Gasteiger partial charge on any atom is 0.144 e. The van der Waals surface area contributed by atoms with Gasteiger partial charge >= 0.3 is 0 Å². The molecule has 0 heterocycles. The molecule has 2 bridgehead atoms. The van der Waals surface area contributed by atoms with Gasteiger partial charge < -0.3 is 0 Å². The number of fused-ring (bicyclic) bond motifs is 6. The van der Waals surface area contributed by atoms with Crippen molar-refractivity contribution in [1.82, 2.24) is 0 Å². The van der Waals surface area contributed by atoms with Crippen LogP contribution in [0.25, 0.3) is 10.8 Å². The molecule has 1 heteroatoms. The van der Waals surface area contributed by atoms with Gasteiger partial charge in [0.05, 0.1) is 5.41 Å². The van der Waals surface area contributed by atoms with Gasteiger partial charge in [-0.05, 0) is 66.5 Å². The molecule has 2 atom stereocenters. The third-order valence-corrected chi connectivity index (χ3v) is 6.22. The summed E-state index contributed by atoms with van der Waals surface area (Å²) in [4.78, 5) is 12.9. The van der Waals surface area contributed by atoms with E-state index >= 15 is 0 Å². The Hall–Kier alpha value is -1.89. The van der Waals surface area contributed by atoms with Crippen molar-refractivity contribution in [2.24, 2.45) is 5.92 Å². The molecule has 3 aliphatic rings. The first-order valence-electron chi connectivity index (χ1n) is 8.42. The van der Waals surface area contributed by atoms with Crippen molar-refractivity contribution < 1.29 is 4.79 Å². The van der Waals surface area contributed by atoms with E-state index in [1.165, 1.54) is 33.0 Å². The van der Waals surface area contributed by atoms with E-state index in [-0.39, 0.29) is 5.41 Å². The van der Waals surface area contributed by atoms with E-state index in [4.69, 9.17) is 0 Å². The average Bonchev–Trinajstić information content (AvgIpc) is 3.12. The number of carbonyl (C=O) groups is 1. The first-order chi connectivity index (χ1) is 10.7. The number of carbonyl (C=O) groups excluding carboxylic acids is 1. The lowest BCUT2D eigenvalue weighted by Crippen LogP contribution is -2.43. The highest BCUT2D eigenvalue weighted by molar-refractivity contribution is 5.96. The Bertz CT molecular complexity index is 858. The summed E-state index contributed by atoms with van der Waals surface area (Å²) in [6.07, 6.45) is 7.27. The van der Waals surface area contributed by atoms with Crippen LogP contribution in [0.15, 0.2) is 42.0 Å². The molecule has 3 aliphatic carbocycles. The number of benzene rings is 2. The third kappa shape index (κ3) is 1.47. The largest absolute Gasteiger partial charge is 0.299 e. The minimum absolute atomic E-state index is 0.185. The van der Waals surface area contributed by atoms with Crippen LogP contribution in [-0.2, 0) is 16.6 Å². The van der Waals surface area contributed by atoms with E-state index in [0.29, 0.717) is 11.7 Å². The normalized spacial score (nSPS) is 29.2. The molecule has 1 spiro atoms. The minimum Gasteiger partial charge on any atom is -0.299 e. The number of hydrogen-bond donors (Lipinski definition) is 0. The molecule has 2 aromatic rings. The summed E-state index contributed by atoms with van der Waals surface area (Å²) < 4.78 is 0. The maximum atomic E-state index is 12.9. The monoisotopic (exact) mass is 288 g/mol. The highest BCUT2D eigenvalue weighted by atomic mass is 16.1. The highest BCUT2D eigenvalue weighted by Crippen LogP contribution is 2.57. The van der Waals surface area contributed by atoms with Gasteiger partial charge in [0.25, 0.3) is 0 Å². The molecule has 1 fully saturated rings. The molecule has 0 aliphatic heterocycles. The summed E-state index contributed by atoms with van der Waals surface area (Å²) in [5, 5.41) is 2.61. The van der Waals surface area contributed by atoms with Crippen molar-refractivity contribution in [3.05, 3.63) is 58.7 Å². The van der Waals surface area contributed by atoms with Crippen molar-refractivity contribution in [2.45, 2.75) is 44.4 Å². The molecule has 1 saturated carbocycles. The van der Waals surface area contributed by atoms with Crippen LogP contribution in [0, 0.1) is 12.8 Å². The van der Waals surface area contributed by atoms with Gasteiger partial charge in [-0.15, -0.1) is 0 Å². The van der Waals surface area contributed by atoms with Crippen LogP contribution >= 0.6 is 0 Å². The van der Waals surface area contributed by atoms with Crippen LogP contribution in [-0.4, -0.2) is 5.78 Å². The molecule has 0 amide bonds. The molecular weight excluding hydrogens is 268 g/mol. The molecule has 22 heavy (non-hydrogen) atoms. The molecular formula is C21H20O. The Morgan fingerprint density at radius 2 is 2.00 bits per heavy atom. The molecule has 0 saturated heterocycles. The Morgan fingerprint density at radius 1 is 1.09 bits per heavy atom. The lowest BCUT2D eigenvalue weighted by atomic mass is 9.61. The zero-order chi connectivity index (χ0) is 14.9. The van der Waals surface area contributed by atoms with Crippen LogP contribution in [0.3, 0.4) is 0 Å². The SMILES string of the molecule is Cc1ccc2cc3c(cc2c1)C1(CC2=CCC1C2)C(=O)CC3. The Morgan fingerprint density at radius 3 is 2.77 bits per heavy atom. The van der Waals surface area contributed by atoms with Crippen molar-refractivity contribution >= 4 is 16.6 Å². The predicted molar refractivity (Wildman–Crippen MR) is 89.1 cm³/mol. The van der Waals surface area contributed by atoms with E-state index in [2.05, 4.69) is 43.3 Å². The molecule has 2 aromatic carbocycles. The lowest BCUT2D eigenvalue weighted by molar-refractivity contribution is -0.126. The molecule has 0 N–H and O–H groups in total. The Balaban J connectivity index is 1.80. The summed E-state index contributed by atoms with van der Waals surface area (Å²) in [6, 6.07) is 11.3. The van der Waals surface area contributed by atoms with Crippen LogP contribution in [0.4, 0.5) is 0 Å². The number of aryl methyl sites for hydroxylation is 2. The second kappa shape index (κ2) is 4.10.